The lowest BCUT2D eigenvalue weighted by Crippen LogP contribution is -2.34. The zero-order valence-corrected chi connectivity index (χ0v) is 14.2. The van der Waals surface area contributed by atoms with Crippen molar-refractivity contribution in [3.8, 4) is 0 Å². The molecule has 3 rings (SSSR count). The van der Waals surface area contributed by atoms with E-state index >= 15 is 0 Å². The minimum Gasteiger partial charge on any atom is -0.376 e. The molecule has 1 unspecified atom stereocenters. The molecule has 0 saturated carbocycles. The second-order valence-corrected chi connectivity index (χ2v) is 6.37. The van der Waals surface area contributed by atoms with E-state index in [-0.39, 0.29) is 6.10 Å². The number of nitrogens with one attached hydrogen (secondary N) is 2. The zero-order chi connectivity index (χ0) is 16.1. The second kappa shape index (κ2) is 7.77. The van der Waals surface area contributed by atoms with Crippen molar-refractivity contribution >= 4 is 34.6 Å². The van der Waals surface area contributed by atoms with Gasteiger partial charge in [-0.3, -0.25) is 4.68 Å². The maximum absolute atomic E-state index is 5.88. The van der Waals surface area contributed by atoms with E-state index in [1.807, 2.05) is 18.2 Å². The van der Waals surface area contributed by atoms with Gasteiger partial charge in [0, 0.05) is 25.0 Å². The summed E-state index contributed by atoms with van der Waals surface area (Å²) >= 11 is 11.2. The lowest BCUT2D eigenvalue weighted by molar-refractivity contribution is 0.114. The van der Waals surface area contributed by atoms with E-state index in [2.05, 4.69) is 21.8 Å². The van der Waals surface area contributed by atoms with Crippen LogP contribution in [0, 0.1) is 0 Å². The topological polar surface area (TPSA) is 51.1 Å². The van der Waals surface area contributed by atoms with Crippen molar-refractivity contribution in [3.05, 3.63) is 47.2 Å². The van der Waals surface area contributed by atoms with Gasteiger partial charge in [-0.1, -0.05) is 23.7 Å². The van der Waals surface area contributed by atoms with Crippen molar-refractivity contribution in [2.24, 2.45) is 0 Å². The molecular weight excluding hydrogens is 332 g/mol. The van der Waals surface area contributed by atoms with Crippen LogP contribution in [0.2, 0.25) is 5.02 Å². The molecule has 1 atom stereocenters. The number of nitrogens with zero attached hydrogens (tertiary/aromatic N) is 2. The highest BCUT2D eigenvalue weighted by Crippen LogP contribution is 2.14. The number of halogens is 1. The molecule has 0 radical (unpaired) electrons. The quantitative estimate of drug-likeness (QED) is 0.812. The zero-order valence-electron chi connectivity index (χ0n) is 12.7. The van der Waals surface area contributed by atoms with Crippen LogP contribution in [0.5, 0.6) is 0 Å². The summed E-state index contributed by atoms with van der Waals surface area (Å²) in [5.74, 6) is 0. The highest BCUT2D eigenvalue weighted by atomic mass is 35.5. The fraction of sp³-hybridized carbons (Fsp3) is 0.375. The van der Waals surface area contributed by atoms with Crippen molar-refractivity contribution in [3.63, 3.8) is 0 Å². The van der Waals surface area contributed by atoms with Crippen LogP contribution in [0.4, 0.5) is 5.69 Å². The van der Waals surface area contributed by atoms with Crippen molar-refractivity contribution in [2.45, 2.75) is 25.5 Å². The van der Waals surface area contributed by atoms with Crippen molar-refractivity contribution in [1.82, 2.24) is 15.1 Å². The second-order valence-electron chi connectivity index (χ2n) is 5.53. The Morgan fingerprint density at radius 3 is 3.13 bits per heavy atom. The van der Waals surface area contributed by atoms with Crippen LogP contribution in [0.3, 0.4) is 0 Å². The van der Waals surface area contributed by atoms with E-state index in [0.29, 0.717) is 16.7 Å². The molecule has 2 aromatic rings. The summed E-state index contributed by atoms with van der Waals surface area (Å²) < 4.78 is 7.37. The van der Waals surface area contributed by atoms with E-state index in [9.17, 15) is 0 Å². The van der Waals surface area contributed by atoms with Gasteiger partial charge in [-0.05, 0) is 42.8 Å². The lowest BCUT2D eigenvalue weighted by Gasteiger charge is -2.14. The first-order valence-corrected chi connectivity index (χ1v) is 8.41. The van der Waals surface area contributed by atoms with Gasteiger partial charge in [-0.2, -0.15) is 5.10 Å². The molecule has 1 aliphatic rings. The monoisotopic (exact) mass is 350 g/mol. The number of benzene rings is 1. The van der Waals surface area contributed by atoms with Crippen LogP contribution < -0.4 is 10.6 Å². The summed E-state index contributed by atoms with van der Waals surface area (Å²) in [5.41, 5.74) is 2.07. The Bertz CT molecular complexity index is 670. The van der Waals surface area contributed by atoms with Crippen LogP contribution in [0.15, 0.2) is 36.7 Å². The third-order valence-electron chi connectivity index (χ3n) is 3.65. The summed E-state index contributed by atoms with van der Waals surface area (Å²) in [6.45, 7) is 2.27. The molecular formula is C16H19ClN4OS. The predicted molar refractivity (Wildman–Crippen MR) is 96.0 cm³/mol. The molecule has 0 aliphatic carbocycles. The van der Waals surface area contributed by atoms with Gasteiger partial charge in [-0.15, -0.1) is 0 Å². The van der Waals surface area contributed by atoms with Crippen LogP contribution in [-0.4, -0.2) is 34.1 Å². The number of anilines is 1. The highest BCUT2D eigenvalue weighted by molar-refractivity contribution is 7.80. The van der Waals surface area contributed by atoms with Crippen LogP contribution in [0.25, 0.3) is 0 Å². The van der Waals surface area contributed by atoms with Gasteiger partial charge in [-0.25, -0.2) is 0 Å². The third-order valence-corrected chi connectivity index (χ3v) is 4.09. The lowest BCUT2D eigenvalue weighted by atomic mass is 10.2. The minimum absolute atomic E-state index is 0.269. The molecule has 0 spiro atoms. The predicted octanol–water partition coefficient (Wildman–Crippen LogP) is 3.05. The van der Waals surface area contributed by atoms with E-state index in [1.165, 1.54) is 0 Å². The summed E-state index contributed by atoms with van der Waals surface area (Å²) in [5, 5.41) is 11.8. The molecule has 0 bridgehead atoms. The Balaban J connectivity index is 1.53. The third kappa shape index (κ3) is 4.92. The smallest absolute Gasteiger partial charge is 0.170 e. The van der Waals surface area contributed by atoms with E-state index in [4.69, 9.17) is 28.6 Å². The largest absolute Gasteiger partial charge is 0.376 e. The molecule has 1 fully saturated rings. The van der Waals surface area contributed by atoms with Crippen LogP contribution in [0.1, 0.15) is 18.4 Å². The maximum Gasteiger partial charge on any atom is 0.170 e. The minimum atomic E-state index is 0.269. The van der Waals surface area contributed by atoms with Gasteiger partial charge in [0.05, 0.1) is 23.9 Å². The number of ether oxygens (including phenoxy) is 1. The molecule has 1 saturated heterocycles. The van der Waals surface area contributed by atoms with Gasteiger partial charge in [0.15, 0.2) is 5.11 Å². The normalized spacial score (nSPS) is 17.2. The van der Waals surface area contributed by atoms with E-state index in [0.717, 1.165) is 37.2 Å². The average molecular weight is 351 g/mol. The van der Waals surface area contributed by atoms with E-state index in [1.54, 1.807) is 17.1 Å². The van der Waals surface area contributed by atoms with Gasteiger partial charge < -0.3 is 15.4 Å². The summed E-state index contributed by atoms with van der Waals surface area (Å²) in [6.07, 6.45) is 5.93. The van der Waals surface area contributed by atoms with Gasteiger partial charge in [0.2, 0.25) is 0 Å². The molecule has 5 nitrogen and oxygen atoms in total. The molecule has 0 amide bonds. The van der Waals surface area contributed by atoms with E-state index < -0.39 is 0 Å². The van der Waals surface area contributed by atoms with Crippen LogP contribution >= 0.6 is 23.8 Å². The first kappa shape index (κ1) is 16.2. The number of hydrogen-bond acceptors (Lipinski definition) is 3. The van der Waals surface area contributed by atoms with Crippen molar-refractivity contribution < 1.29 is 4.74 Å². The number of aromatic nitrogens is 2. The molecule has 1 aliphatic heterocycles. The van der Waals surface area contributed by atoms with Crippen molar-refractivity contribution in [1.29, 1.82) is 0 Å². The standard InChI is InChI=1S/C16H19ClN4OS/c17-13-8-19-21(11-13)10-12-3-1-4-14(7-12)20-16(23)18-9-15-5-2-6-22-15/h1,3-4,7-8,11,15H,2,5-6,9-10H2,(H2,18,20,23). The highest BCUT2D eigenvalue weighted by Gasteiger charge is 2.15. The number of thiocarbonyl (C=S) groups is 1. The van der Waals surface area contributed by atoms with Gasteiger partial charge in [0.1, 0.15) is 0 Å². The molecule has 122 valence electrons. The Morgan fingerprint density at radius 2 is 2.39 bits per heavy atom. The van der Waals surface area contributed by atoms with Crippen LogP contribution in [-0.2, 0) is 11.3 Å². The molecule has 2 N–H and O–H groups in total. The molecule has 23 heavy (non-hydrogen) atoms. The Kier molecular flexibility index (Phi) is 5.48. The SMILES string of the molecule is S=C(NCC1CCCO1)Nc1cccc(Cn2cc(Cl)cn2)c1. The molecule has 1 aromatic carbocycles. The van der Waals surface area contributed by atoms with Gasteiger partial charge in [0.25, 0.3) is 0 Å². The summed E-state index contributed by atoms with van der Waals surface area (Å²) in [4.78, 5) is 0. The Hall–Kier alpha value is -1.63. The van der Waals surface area contributed by atoms with Gasteiger partial charge >= 0.3 is 0 Å². The first-order valence-electron chi connectivity index (χ1n) is 7.62. The fourth-order valence-corrected chi connectivity index (χ4v) is 2.90. The summed E-state index contributed by atoms with van der Waals surface area (Å²) in [6, 6.07) is 8.07. The Labute approximate surface area is 146 Å². The molecule has 7 heteroatoms. The summed E-state index contributed by atoms with van der Waals surface area (Å²) in [7, 11) is 0. The first-order chi connectivity index (χ1) is 11.2. The Morgan fingerprint density at radius 1 is 1.48 bits per heavy atom. The molecule has 1 aromatic heterocycles. The van der Waals surface area contributed by atoms with Crippen molar-refractivity contribution in [2.75, 3.05) is 18.5 Å². The number of hydrogen-bond donors (Lipinski definition) is 2. The number of rotatable bonds is 5. The average Bonchev–Trinajstić information content (AvgIpc) is 3.17. The fourth-order valence-electron chi connectivity index (χ4n) is 2.55. The maximum atomic E-state index is 5.88. The molecule has 2 heterocycles.